The highest BCUT2D eigenvalue weighted by molar-refractivity contribution is 5.72. The third-order valence-corrected chi connectivity index (χ3v) is 1.95. The number of rotatable bonds is 3. The Balaban J connectivity index is 2.31. The van der Waals surface area contributed by atoms with Gasteiger partial charge < -0.3 is 4.74 Å². The summed E-state index contributed by atoms with van der Waals surface area (Å²) >= 11 is 0. The maximum Gasteiger partial charge on any atom is 0.309 e. The standard InChI is InChI=1S/C10H14O2/c1-2-8-12-10(11)9-6-4-3-5-7-9/h2-4,9H,1,5-8H2/t9-/m1/s1. The first-order valence-electron chi connectivity index (χ1n) is 4.27. The van der Waals surface area contributed by atoms with Gasteiger partial charge >= 0.3 is 5.97 Å². The molecule has 2 nitrogen and oxygen atoms in total. The lowest BCUT2D eigenvalue weighted by Gasteiger charge is -2.15. The van der Waals surface area contributed by atoms with Crippen LogP contribution in [0.5, 0.6) is 0 Å². The topological polar surface area (TPSA) is 26.3 Å². The number of hydrogen-bond acceptors (Lipinski definition) is 2. The van der Waals surface area contributed by atoms with Crippen molar-refractivity contribution < 1.29 is 9.53 Å². The summed E-state index contributed by atoms with van der Waals surface area (Å²) in [7, 11) is 0. The first kappa shape index (κ1) is 9.04. The largest absolute Gasteiger partial charge is 0.461 e. The molecule has 0 aromatic rings. The van der Waals surface area contributed by atoms with E-state index >= 15 is 0 Å². The van der Waals surface area contributed by atoms with Gasteiger partial charge in [0, 0.05) is 0 Å². The Kier molecular flexibility index (Phi) is 3.58. The van der Waals surface area contributed by atoms with E-state index in [0.29, 0.717) is 6.61 Å². The van der Waals surface area contributed by atoms with Gasteiger partial charge in [0.1, 0.15) is 6.61 Å². The summed E-state index contributed by atoms with van der Waals surface area (Å²) in [4.78, 5) is 11.3. The summed E-state index contributed by atoms with van der Waals surface area (Å²) in [5.41, 5.74) is 0. The van der Waals surface area contributed by atoms with Crippen LogP contribution in [0, 0.1) is 5.92 Å². The minimum atomic E-state index is -0.0840. The zero-order valence-corrected chi connectivity index (χ0v) is 7.16. The van der Waals surface area contributed by atoms with Crippen molar-refractivity contribution in [2.45, 2.75) is 19.3 Å². The van der Waals surface area contributed by atoms with Gasteiger partial charge in [-0.2, -0.15) is 0 Å². The summed E-state index contributed by atoms with van der Waals surface area (Å²) < 4.78 is 4.94. The Morgan fingerprint density at radius 2 is 2.50 bits per heavy atom. The third-order valence-electron chi connectivity index (χ3n) is 1.95. The molecule has 0 radical (unpaired) electrons. The quantitative estimate of drug-likeness (QED) is 0.474. The van der Waals surface area contributed by atoms with Crippen LogP contribution >= 0.6 is 0 Å². The van der Waals surface area contributed by atoms with E-state index in [9.17, 15) is 4.79 Å². The lowest BCUT2D eigenvalue weighted by atomic mass is 9.95. The van der Waals surface area contributed by atoms with Gasteiger partial charge in [-0.05, 0) is 19.3 Å². The van der Waals surface area contributed by atoms with Gasteiger partial charge in [-0.25, -0.2) is 0 Å². The number of allylic oxidation sites excluding steroid dienone is 2. The lowest BCUT2D eigenvalue weighted by Crippen LogP contribution is -2.18. The van der Waals surface area contributed by atoms with Crippen LogP contribution in [-0.2, 0) is 9.53 Å². The van der Waals surface area contributed by atoms with E-state index in [1.165, 1.54) is 0 Å². The van der Waals surface area contributed by atoms with E-state index in [4.69, 9.17) is 4.74 Å². The molecule has 0 aromatic heterocycles. The number of ether oxygens (including phenoxy) is 1. The second-order valence-corrected chi connectivity index (χ2v) is 2.90. The molecule has 0 spiro atoms. The molecule has 2 heteroatoms. The zero-order valence-electron chi connectivity index (χ0n) is 7.16. The fraction of sp³-hybridized carbons (Fsp3) is 0.500. The fourth-order valence-electron chi connectivity index (χ4n) is 1.27. The van der Waals surface area contributed by atoms with Crippen LogP contribution in [0.2, 0.25) is 0 Å². The second kappa shape index (κ2) is 4.75. The molecule has 66 valence electrons. The number of esters is 1. The van der Waals surface area contributed by atoms with Gasteiger partial charge in [0.25, 0.3) is 0 Å². The predicted octanol–water partition coefficient (Wildman–Crippen LogP) is 2.07. The Bertz CT molecular complexity index is 194. The van der Waals surface area contributed by atoms with E-state index in [2.05, 4.69) is 12.7 Å². The van der Waals surface area contributed by atoms with Crippen LogP contribution in [0.15, 0.2) is 24.8 Å². The minimum Gasteiger partial charge on any atom is -0.461 e. The molecular weight excluding hydrogens is 152 g/mol. The first-order chi connectivity index (χ1) is 5.84. The molecule has 1 rings (SSSR count). The molecule has 0 saturated heterocycles. The van der Waals surface area contributed by atoms with E-state index in [1.807, 2.05) is 6.08 Å². The van der Waals surface area contributed by atoms with Crippen molar-refractivity contribution in [1.29, 1.82) is 0 Å². The molecule has 0 aromatic carbocycles. The number of carbonyl (C=O) groups is 1. The van der Waals surface area contributed by atoms with Crippen LogP contribution in [0.1, 0.15) is 19.3 Å². The lowest BCUT2D eigenvalue weighted by molar-refractivity contribution is -0.147. The van der Waals surface area contributed by atoms with Gasteiger partial charge in [0.2, 0.25) is 0 Å². The molecular formula is C10H14O2. The number of carbonyl (C=O) groups excluding carboxylic acids is 1. The molecule has 0 aliphatic heterocycles. The molecule has 1 aliphatic rings. The summed E-state index contributed by atoms with van der Waals surface area (Å²) in [5.74, 6) is -0.00537. The Hall–Kier alpha value is -1.05. The van der Waals surface area contributed by atoms with Crippen LogP contribution < -0.4 is 0 Å². The van der Waals surface area contributed by atoms with Crippen LogP contribution in [0.3, 0.4) is 0 Å². The molecule has 0 saturated carbocycles. The molecule has 0 heterocycles. The molecule has 1 atom stereocenters. The molecule has 0 fully saturated rings. The van der Waals surface area contributed by atoms with E-state index in [0.717, 1.165) is 19.3 Å². The average molecular weight is 166 g/mol. The Labute approximate surface area is 72.9 Å². The molecule has 1 aliphatic carbocycles. The van der Waals surface area contributed by atoms with Crippen LogP contribution in [0.25, 0.3) is 0 Å². The fourth-order valence-corrected chi connectivity index (χ4v) is 1.27. The molecule has 0 bridgehead atoms. The normalized spacial score (nSPS) is 21.8. The summed E-state index contributed by atoms with van der Waals surface area (Å²) in [6.45, 7) is 3.82. The van der Waals surface area contributed by atoms with Crippen molar-refractivity contribution in [3.63, 3.8) is 0 Å². The average Bonchev–Trinajstić information content (AvgIpc) is 2.15. The van der Waals surface area contributed by atoms with Gasteiger partial charge in [-0.3, -0.25) is 4.79 Å². The molecule has 12 heavy (non-hydrogen) atoms. The van der Waals surface area contributed by atoms with Crippen molar-refractivity contribution in [1.82, 2.24) is 0 Å². The highest BCUT2D eigenvalue weighted by Gasteiger charge is 2.19. The molecule has 0 unspecified atom stereocenters. The summed E-state index contributed by atoms with van der Waals surface area (Å²) in [6, 6.07) is 0. The molecule has 0 amide bonds. The second-order valence-electron chi connectivity index (χ2n) is 2.90. The van der Waals surface area contributed by atoms with E-state index in [1.54, 1.807) is 6.08 Å². The zero-order chi connectivity index (χ0) is 8.81. The summed E-state index contributed by atoms with van der Waals surface area (Å²) in [5, 5.41) is 0. The smallest absolute Gasteiger partial charge is 0.309 e. The SMILES string of the molecule is C=CCOC(=O)[C@@H]1CC=CCC1. The first-order valence-corrected chi connectivity index (χ1v) is 4.27. The van der Waals surface area contributed by atoms with E-state index < -0.39 is 0 Å². The van der Waals surface area contributed by atoms with Crippen LogP contribution in [-0.4, -0.2) is 12.6 Å². The number of hydrogen-bond donors (Lipinski definition) is 0. The maximum absolute atomic E-state index is 11.3. The van der Waals surface area contributed by atoms with Crippen molar-refractivity contribution in [2.24, 2.45) is 5.92 Å². The highest BCUT2D eigenvalue weighted by Crippen LogP contribution is 2.19. The van der Waals surface area contributed by atoms with E-state index in [-0.39, 0.29) is 11.9 Å². The van der Waals surface area contributed by atoms with Gasteiger partial charge in [0.15, 0.2) is 0 Å². The Morgan fingerprint density at radius 1 is 1.67 bits per heavy atom. The Morgan fingerprint density at radius 3 is 3.08 bits per heavy atom. The van der Waals surface area contributed by atoms with Crippen LogP contribution in [0.4, 0.5) is 0 Å². The third kappa shape index (κ3) is 2.53. The maximum atomic E-state index is 11.3. The predicted molar refractivity (Wildman–Crippen MR) is 47.6 cm³/mol. The minimum absolute atomic E-state index is 0.0787. The van der Waals surface area contributed by atoms with Gasteiger partial charge in [0.05, 0.1) is 5.92 Å². The van der Waals surface area contributed by atoms with Gasteiger partial charge in [-0.1, -0.05) is 24.8 Å². The van der Waals surface area contributed by atoms with Crippen molar-refractivity contribution in [3.8, 4) is 0 Å². The van der Waals surface area contributed by atoms with Crippen molar-refractivity contribution >= 4 is 5.97 Å². The van der Waals surface area contributed by atoms with Crippen molar-refractivity contribution in [3.05, 3.63) is 24.8 Å². The van der Waals surface area contributed by atoms with Crippen molar-refractivity contribution in [2.75, 3.05) is 6.61 Å². The monoisotopic (exact) mass is 166 g/mol. The molecule has 0 N–H and O–H groups in total. The highest BCUT2D eigenvalue weighted by atomic mass is 16.5. The van der Waals surface area contributed by atoms with Gasteiger partial charge in [-0.15, -0.1) is 0 Å². The summed E-state index contributed by atoms with van der Waals surface area (Å²) in [6.07, 6.45) is 8.49.